The molecule has 2 N–H and O–H groups in total. The monoisotopic (exact) mass is 301 g/mol. The van der Waals surface area contributed by atoms with Crippen molar-refractivity contribution in [3.05, 3.63) is 42.1 Å². The van der Waals surface area contributed by atoms with Crippen LogP contribution in [0.4, 0.5) is 0 Å². The van der Waals surface area contributed by atoms with E-state index in [4.69, 9.17) is 9.84 Å². The SMILES string of the molecule is O=C(O)[C@@H]1CN(C(=O)c2cc(-c3ccccc3)n[nH]2)CCO1. The van der Waals surface area contributed by atoms with Gasteiger partial charge in [-0.25, -0.2) is 4.79 Å². The molecule has 0 spiro atoms. The first kappa shape index (κ1) is 14.3. The number of aromatic amines is 1. The summed E-state index contributed by atoms with van der Waals surface area (Å²) in [6.45, 7) is 0.610. The van der Waals surface area contributed by atoms with Crippen LogP contribution in [-0.2, 0) is 9.53 Å². The Morgan fingerprint density at radius 1 is 1.32 bits per heavy atom. The van der Waals surface area contributed by atoms with Gasteiger partial charge in [-0.3, -0.25) is 9.89 Å². The lowest BCUT2D eigenvalue weighted by Crippen LogP contribution is -2.48. The summed E-state index contributed by atoms with van der Waals surface area (Å²) in [5, 5.41) is 15.8. The van der Waals surface area contributed by atoms with Gasteiger partial charge in [0.05, 0.1) is 18.8 Å². The molecule has 1 atom stereocenters. The Hall–Kier alpha value is -2.67. The van der Waals surface area contributed by atoms with E-state index in [0.29, 0.717) is 17.9 Å². The van der Waals surface area contributed by atoms with Crippen LogP contribution < -0.4 is 0 Å². The summed E-state index contributed by atoms with van der Waals surface area (Å²) in [6, 6.07) is 11.2. The maximum absolute atomic E-state index is 12.4. The van der Waals surface area contributed by atoms with E-state index in [1.54, 1.807) is 6.07 Å². The van der Waals surface area contributed by atoms with Crippen LogP contribution in [0.2, 0.25) is 0 Å². The van der Waals surface area contributed by atoms with Crippen molar-refractivity contribution < 1.29 is 19.4 Å². The van der Waals surface area contributed by atoms with Gasteiger partial charge in [0.1, 0.15) is 5.69 Å². The Balaban J connectivity index is 1.76. The van der Waals surface area contributed by atoms with Crippen LogP contribution in [0.3, 0.4) is 0 Å². The first-order chi connectivity index (χ1) is 10.6. The van der Waals surface area contributed by atoms with Crippen molar-refractivity contribution in [1.82, 2.24) is 15.1 Å². The van der Waals surface area contributed by atoms with Gasteiger partial charge in [-0.2, -0.15) is 5.10 Å². The molecule has 1 aliphatic heterocycles. The van der Waals surface area contributed by atoms with E-state index >= 15 is 0 Å². The van der Waals surface area contributed by atoms with E-state index in [9.17, 15) is 9.59 Å². The quantitative estimate of drug-likeness (QED) is 0.882. The van der Waals surface area contributed by atoms with Gasteiger partial charge >= 0.3 is 5.97 Å². The van der Waals surface area contributed by atoms with E-state index < -0.39 is 12.1 Å². The van der Waals surface area contributed by atoms with Crippen molar-refractivity contribution in [2.75, 3.05) is 19.7 Å². The van der Waals surface area contributed by atoms with E-state index in [-0.39, 0.29) is 19.1 Å². The fraction of sp³-hybridized carbons (Fsp3) is 0.267. The van der Waals surface area contributed by atoms with Crippen LogP contribution in [-0.4, -0.2) is 57.9 Å². The molecule has 1 aromatic heterocycles. The zero-order valence-corrected chi connectivity index (χ0v) is 11.7. The number of hydrogen-bond donors (Lipinski definition) is 2. The zero-order valence-electron chi connectivity index (χ0n) is 11.7. The van der Waals surface area contributed by atoms with Crippen molar-refractivity contribution in [3.8, 4) is 11.3 Å². The fourth-order valence-electron chi connectivity index (χ4n) is 2.34. The number of carboxylic acids is 1. The number of aliphatic carboxylic acids is 1. The number of rotatable bonds is 3. The van der Waals surface area contributed by atoms with Gasteiger partial charge < -0.3 is 14.7 Å². The number of H-pyrrole nitrogens is 1. The Bertz CT molecular complexity index is 683. The minimum Gasteiger partial charge on any atom is -0.479 e. The second kappa shape index (κ2) is 5.98. The highest BCUT2D eigenvalue weighted by atomic mass is 16.5. The van der Waals surface area contributed by atoms with Gasteiger partial charge in [0.2, 0.25) is 0 Å². The molecular weight excluding hydrogens is 286 g/mol. The molecule has 1 aromatic carbocycles. The Morgan fingerprint density at radius 3 is 2.82 bits per heavy atom. The third-order valence-electron chi connectivity index (χ3n) is 3.51. The van der Waals surface area contributed by atoms with Gasteiger partial charge in [0.25, 0.3) is 5.91 Å². The van der Waals surface area contributed by atoms with Crippen molar-refractivity contribution in [3.63, 3.8) is 0 Å². The molecule has 7 nitrogen and oxygen atoms in total. The minimum absolute atomic E-state index is 0.0356. The summed E-state index contributed by atoms with van der Waals surface area (Å²) in [4.78, 5) is 24.8. The van der Waals surface area contributed by atoms with Gasteiger partial charge in [-0.1, -0.05) is 30.3 Å². The molecule has 1 amide bonds. The summed E-state index contributed by atoms with van der Waals surface area (Å²) in [5.41, 5.74) is 1.92. The number of aromatic nitrogens is 2. The molecule has 0 unspecified atom stereocenters. The second-order valence-electron chi connectivity index (χ2n) is 4.98. The number of carboxylic acid groups (broad SMARTS) is 1. The van der Waals surface area contributed by atoms with Crippen LogP contribution in [0, 0.1) is 0 Å². The molecule has 0 saturated carbocycles. The smallest absolute Gasteiger partial charge is 0.334 e. The molecular formula is C15H15N3O4. The van der Waals surface area contributed by atoms with Gasteiger partial charge in [0, 0.05) is 12.1 Å². The lowest BCUT2D eigenvalue weighted by Gasteiger charge is -2.30. The number of carbonyl (C=O) groups is 2. The number of carbonyl (C=O) groups excluding carboxylic acids is 1. The highest BCUT2D eigenvalue weighted by molar-refractivity contribution is 5.93. The normalized spacial score (nSPS) is 18.2. The number of hydrogen-bond acceptors (Lipinski definition) is 4. The molecule has 0 aliphatic carbocycles. The summed E-state index contributed by atoms with van der Waals surface area (Å²) < 4.78 is 5.11. The summed E-state index contributed by atoms with van der Waals surface area (Å²) in [7, 11) is 0. The maximum Gasteiger partial charge on any atom is 0.334 e. The number of nitrogens with one attached hydrogen (secondary N) is 1. The summed E-state index contributed by atoms with van der Waals surface area (Å²) >= 11 is 0. The Labute approximate surface area is 126 Å². The minimum atomic E-state index is -1.06. The van der Waals surface area contributed by atoms with E-state index in [1.165, 1.54) is 4.90 Å². The van der Waals surface area contributed by atoms with Crippen LogP contribution in [0.5, 0.6) is 0 Å². The Kier molecular flexibility index (Phi) is 3.88. The predicted octanol–water partition coefficient (Wildman–Crippen LogP) is 1.00. The molecule has 0 bridgehead atoms. The highest BCUT2D eigenvalue weighted by Crippen LogP contribution is 2.18. The molecule has 114 valence electrons. The molecule has 2 aromatic rings. The molecule has 7 heteroatoms. The average molecular weight is 301 g/mol. The van der Waals surface area contributed by atoms with Gasteiger partial charge in [-0.15, -0.1) is 0 Å². The first-order valence-corrected chi connectivity index (χ1v) is 6.89. The molecule has 0 radical (unpaired) electrons. The number of nitrogens with zero attached hydrogens (tertiary/aromatic N) is 2. The van der Waals surface area contributed by atoms with Crippen LogP contribution in [0.1, 0.15) is 10.5 Å². The third kappa shape index (κ3) is 2.84. The summed E-state index contributed by atoms with van der Waals surface area (Å²) in [5.74, 6) is -1.34. The van der Waals surface area contributed by atoms with Crippen molar-refractivity contribution in [1.29, 1.82) is 0 Å². The molecule has 1 saturated heterocycles. The van der Waals surface area contributed by atoms with Crippen LogP contribution in [0.15, 0.2) is 36.4 Å². The number of amides is 1. The van der Waals surface area contributed by atoms with Crippen molar-refractivity contribution in [2.45, 2.75) is 6.10 Å². The zero-order chi connectivity index (χ0) is 15.5. The number of ether oxygens (including phenoxy) is 1. The van der Waals surface area contributed by atoms with Gasteiger partial charge in [-0.05, 0) is 6.07 Å². The Morgan fingerprint density at radius 2 is 2.09 bits per heavy atom. The standard InChI is InChI=1S/C15H15N3O4/c19-14(18-6-7-22-13(9-18)15(20)21)12-8-11(16-17-12)10-4-2-1-3-5-10/h1-5,8,13H,6-7,9H2,(H,16,17)(H,20,21)/t13-/m0/s1. The lowest BCUT2D eigenvalue weighted by molar-refractivity contribution is -0.154. The predicted molar refractivity (Wildman–Crippen MR) is 77.3 cm³/mol. The molecule has 2 heterocycles. The molecule has 1 aliphatic rings. The largest absolute Gasteiger partial charge is 0.479 e. The summed E-state index contributed by atoms with van der Waals surface area (Å²) in [6.07, 6.45) is -0.978. The second-order valence-corrected chi connectivity index (χ2v) is 4.98. The fourth-order valence-corrected chi connectivity index (χ4v) is 2.34. The van der Waals surface area contributed by atoms with Crippen LogP contribution in [0.25, 0.3) is 11.3 Å². The van der Waals surface area contributed by atoms with Crippen LogP contribution >= 0.6 is 0 Å². The van der Waals surface area contributed by atoms with Gasteiger partial charge in [0.15, 0.2) is 6.10 Å². The van der Waals surface area contributed by atoms with Crippen molar-refractivity contribution in [2.24, 2.45) is 0 Å². The van der Waals surface area contributed by atoms with Crippen molar-refractivity contribution >= 4 is 11.9 Å². The number of benzene rings is 1. The topological polar surface area (TPSA) is 95.5 Å². The maximum atomic E-state index is 12.4. The highest BCUT2D eigenvalue weighted by Gasteiger charge is 2.30. The average Bonchev–Trinajstić information content (AvgIpc) is 3.05. The van der Waals surface area contributed by atoms with E-state index in [2.05, 4.69) is 10.2 Å². The molecule has 3 rings (SSSR count). The van der Waals surface area contributed by atoms with E-state index in [1.807, 2.05) is 30.3 Å². The molecule has 1 fully saturated rings. The molecule has 22 heavy (non-hydrogen) atoms. The number of morpholine rings is 1. The van der Waals surface area contributed by atoms with E-state index in [0.717, 1.165) is 5.56 Å². The third-order valence-corrected chi connectivity index (χ3v) is 3.51. The first-order valence-electron chi connectivity index (χ1n) is 6.89. The lowest BCUT2D eigenvalue weighted by atomic mass is 10.1.